The van der Waals surface area contributed by atoms with E-state index in [0.29, 0.717) is 0 Å². The molecule has 0 radical (unpaired) electrons. The minimum atomic E-state index is -0.704. The molecule has 0 fully saturated rings. The molecule has 19 heavy (non-hydrogen) atoms. The number of carboxylic acid groups (broad SMARTS) is 1. The van der Waals surface area contributed by atoms with Gasteiger partial charge in [-0.15, -0.1) is 0 Å². The normalized spacial score (nSPS) is 18.5. The molecule has 1 aliphatic rings. The van der Waals surface area contributed by atoms with Crippen molar-refractivity contribution in [3.63, 3.8) is 0 Å². The van der Waals surface area contributed by atoms with Crippen molar-refractivity contribution in [2.24, 2.45) is 7.05 Å². The number of hydrogen-bond acceptors (Lipinski definition) is 1. The van der Waals surface area contributed by atoms with Crippen LogP contribution in [-0.4, -0.2) is 15.6 Å². The lowest BCUT2D eigenvalue weighted by Crippen LogP contribution is -2.14. The number of aromatic nitrogens is 1. The fraction of sp³-hybridized carbons (Fsp3) is 0.400. The Morgan fingerprint density at radius 1 is 1.53 bits per heavy atom. The zero-order valence-electron chi connectivity index (χ0n) is 10.8. The highest BCUT2D eigenvalue weighted by Gasteiger charge is 2.27. The second-order valence-corrected chi connectivity index (χ2v) is 6.18. The van der Waals surface area contributed by atoms with Crippen LogP contribution in [0, 0.1) is 0 Å². The summed E-state index contributed by atoms with van der Waals surface area (Å²) in [5, 5.41) is 10.3. The van der Waals surface area contributed by atoms with Crippen LogP contribution in [0.5, 0.6) is 0 Å². The van der Waals surface area contributed by atoms with Crippen molar-refractivity contribution in [2.75, 3.05) is 0 Å². The molecule has 1 atom stereocenters. The number of aliphatic carboxylic acids is 1. The largest absolute Gasteiger partial charge is 0.481 e. The summed E-state index contributed by atoms with van der Waals surface area (Å²) >= 11 is 3.51. The quantitative estimate of drug-likeness (QED) is 0.913. The molecule has 1 heterocycles. The van der Waals surface area contributed by atoms with Gasteiger partial charge in [-0.25, -0.2) is 0 Å². The lowest BCUT2D eigenvalue weighted by Gasteiger charge is -2.22. The van der Waals surface area contributed by atoms with Gasteiger partial charge in [-0.05, 0) is 48.9 Å². The second-order valence-electron chi connectivity index (χ2n) is 5.27. The van der Waals surface area contributed by atoms with E-state index in [9.17, 15) is 4.79 Å². The van der Waals surface area contributed by atoms with Crippen LogP contribution >= 0.6 is 15.9 Å². The van der Waals surface area contributed by atoms with Crippen LogP contribution in [0.1, 0.15) is 36.4 Å². The molecule has 1 unspecified atom stereocenters. The van der Waals surface area contributed by atoms with E-state index in [1.165, 1.54) is 22.2 Å². The van der Waals surface area contributed by atoms with Crippen molar-refractivity contribution in [2.45, 2.75) is 31.6 Å². The number of nitrogens with zero attached hydrogens (tertiary/aromatic N) is 1. The van der Waals surface area contributed by atoms with E-state index in [2.05, 4.69) is 39.7 Å². The van der Waals surface area contributed by atoms with E-state index in [0.717, 1.165) is 23.7 Å². The average Bonchev–Trinajstić information content (AvgIpc) is 2.63. The molecule has 3 nitrogen and oxygen atoms in total. The number of rotatable bonds is 2. The summed E-state index contributed by atoms with van der Waals surface area (Å²) in [6.45, 7) is 0. The molecule has 0 bridgehead atoms. The van der Waals surface area contributed by atoms with Crippen LogP contribution in [0.25, 0.3) is 10.9 Å². The minimum Gasteiger partial charge on any atom is -0.481 e. The topological polar surface area (TPSA) is 42.2 Å². The lowest BCUT2D eigenvalue weighted by molar-refractivity contribution is -0.137. The fourth-order valence-electron chi connectivity index (χ4n) is 3.33. The summed E-state index contributed by atoms with van der Waals surface area (Å²) in [4.78, 5) is 11.1. The Kier molecular flexibility index (Phi) is 3.13. The average molecular weight is 322 g/mol. The molecule has 2 aromatic rings. The van der Waals surface area contributed by atoms with Crippen molar-refractivity contribution in [1.82, 2.24) is 4.57 Å². The highest BCUT2D eigenvalue weighted by Crippen LogP contribution is 2.41. The highest BCUT2D eigenvalue weighted by atomic mass is 79.9. The van der Waals surface area contributed by atoms with Crippen LogP contribution in [0.4, 0.5) is 0 Å². The first-order valence-corrected chi connectivity index (χ1v) is 7.35. The van der Waals surface area contributed by atoms with E-state index < -0.39 is 5.97 Å². The maximum atomic E-state index is 11.1. The monoisotopic (exact) mass is 321 g/mol. The van der Waals surface area contributed by atoms with Crippen molar-refractivity contribution >= 4 is 32.8 Å². The lowest BCUT2D eigenvalue weighted by atomic mass is 9.83. The highest BCUT2D eigenvalue weighted by molar-refractivity contribution is 9.10. The third-order valence-corrected chi connectivity index (χ3v) is 4.61. The molecule has 0 amide bonds. The standard InChI is InChI=1S/C15H16BrNO2/c1-17-12-6-5-10(16)8-11(12)15-9(7-14(18)19)3-2-4-13(15)17/h5-6,8-9H,2-4,7H2,1H3,(H,18,19). The van der Waals surface area contributed by atoms with E-state index in [4.69, 9.17) is 5.11 Å². The molecule has 1 aromatic heterocycles. The molecule has 100 valence electrons. The predicted molar refractivity (Wildman–Crippen MR) is 78.6 cm³/mol. The molecule has 4 heteroatoms. The van der Waals surface area contributed by atoms with Gasteiger partial charge >= 0.3 is 5.97 Å². The Morgan fingerprint density at radius 3 is 3.05 bits per heavy atom. The van der Waals surface area contributed by atoms with Gasteiger partial charge in [0.05, 0.1) is 6.42 Å². The number of carbonyl (C=O) groups is 1. The summed E-state index contributed by atoms with van der Waals surface area (Å²) in [7, 11) is 2.08. The molecule has 1 aliphatic carbocycles. The number of hydrogen-bond donors (Lipinski definition) is 1. The van der Waals surface area contributed by atoms with E-state index in [1.807, 2.05) is 6.07 Å². The molecule has 0 aliphatic heterocycles. The Morgan fingerprint density at radius 2 is 2.32 bits per heavy atom. The van der Waals surface area contributed by atoms with Crippen LogP contribution in [0.2, 0.25) is 0 Å². The van der Waals surface area contributed by atoms with E-state index in [1.54, 1.807) is 0 Å². The number of aryl methyl sites for hydroxylation is 1. The zero-order valence-corrected chi connectivity index (χ0v) is 12.4. The molecule has 1 N–H and O–H groups in total. The fourth-order valence-corrected chi connectivity index (χ4v) is 3.69. The van der Waals surface area contributed by atoms with Gasteiger partial charge in [0, 0.05) is 28.1 Å². The molecule has 0 saturated heterocycles. The molecule has 1 aromatic carbocycles. The Labute approximate surface area is 120 Å². The van der Waals surface area contributed by atoms with Gasteiger partial charge in [-0.2, -0.15) is 0 Å². The van der Waals surface area contributed by atoms with Crippen LogP contribution < -0.4 is 0 Å². The van der Waals surface area contributed by atoms with Crippen molar-refractivity contribution in [3.05, 3.63) is 33.9 Å². The SMILES string of the molecule is Cn1c2c(c3cc(Br)ccc31)C(CC(=O)O)CCC2. The summed E-state index contributed by atoms with van der Waals surface area (Å²) in [6, 6.07) is 6.27. The number of fused-ring (bicyclic) bond motifs is 3. The molecular formula is C15H16BrNO2. The number of carboxylic acids is 1. The van der Waals surface area contributed by atoms with Crippen molar-refractivity contribution in [1.29, 1.82) is 0 Å². The molecule has 0 saturated carbocycles. The first kappa shape index (κ1) is 12.7. The van der Waals surface area contributed by atoms with Gasteiger partial charge in [-0.3, -0.25) is 4.79 Å². The second kappa shape index (κ2) is 4.67. The number of halogens is 1. The first-order valence-electron chi connectivity index (χ1n) is 6.56. The van der Waals surface area contributed by atoms with Crippen LogP contribution in [-0.2, 0) is 18.3 Å². The Hall–Kier alpha value is -1.29. The van der Waals surface area contributed by atoms with Gasteiger partial charge in [-0.1, -0.05) is 15.9 Å². The van der Waals surface area contributed by atoms with Crippen LogP contribution in [0.15, 0.2) is 22.7 Å². The Bertz CT molecular complexity index is 660. The summed E-state index contributed by atoms with van der Waals surface area (Å²) < 4.78 is 3.28. The van der Waals surface area contributed by atoms with Gasteiger partial charge in [0.25, 0.3) is 0 Å². The smallest absolute Gasteiger partial charge is 0.303 e. The summed E-state index contributed by atoms with van der Waals surface area (Å²) in [6.07, 6.45) is 3.34. The third-order valence-electron chi connectivity index (χ3n) is 4.12. The van der Waals surface area contributed by atoms with Gasteiger partial charge in [0.2, 0.25) is 0 Å². The summed E-state index contributed by atoms with van der Waals surface area (Å²) in [5.74, 6) is -0.552. The van der Waals surface area contributed by atoms with Crippen molar-refractivity contribution < 1.29 is 9.90 Å². The zero-order chi connectivity index (χ0) is 13.6. The van der Waals surface area contributed by atoms with Crippen molar-refractivity contribution in [3.8, 4) is 0 Å². The van der Waals surface area contributed by atoms with Gasteiger partial charge in [0.1, 0.15) is 0 Å². The maximum Gasteiger partial charge on any atom is 0.303 e. The molecular weight excluding hydrogens is 306 g/mol. The molecule has 3 rings (SSSR count). The Balaban J connectivity index is 2.23. The first-order chi connectivity index (χ1) is 9.08. The van der Waals surface area contributed by atoms with E-state index >= 15 is 0 Å². The maximum absolute atomic E-state index is 11.1. The molecule has 0 spiro atoms. The predicted octanol–water partition coefficient (Wildman–Crippen LogP) is 3.84. The number of benzene rings is 1. The van der Waals surface area contributed by atoms with Gasteiger partial charge < -0.3 is 9.67 Å². The van der Waals surface area contributed by atoms with E-state index in [-0.39, 0.29) is 12.3 Å². The summed E-state index contributed by atoms with van der Waals surface area (Å²) in [5.41, 5.74) is 3.77. The minimum absolute atomic E-state index is 0.152. The van der Waals surface area contributed by atoms with Crippen LogP contribution in [0.3, 0.4) is 0 Å². The third kappa shape index (κ3) is 2.08. The van der Waals surface area contributed by atoms with Gasteiger partial charge in [0.15, 0.2) is 0 Å².